The second kappa shape index (κ2) is 6.17. The monoisotopic (exact) mass is 300 g/mol. The summed E-state index contributed by atoms with van der Waals surface area (Å²) in [7, 11) is 0. The van der Waals surface area contributed by atoms with E-state index in [-0.39, 0.29) is 11.8 Å². The lowest BCUT2D eigenvalue weighted by Gasteiger charge is -2.04. The predicted octanol–water partition coefficient (Wildman–Crippen LogP) is 1.47. The van der Waals surface area contributed by atoms with Gasteiger partial charge in [-0.1, -0.05) is 6.07 Å². The van der Waals surface area contributed by atoms with Gasteiger partial charge in [-0.3, -0.25) is 9.59 Å². The van der Waals surface area contributed by atoms with Crippen LogP contribution in [-0.2, 0) is 4.79 Å². The first-order valence-corrected chi connectivity index (χ1v) is 7.66. The zero-order valence-electron chi connectivity index (χ0n) is 12.6. The average Bonchev–Trinajstić information content (AvgIpc) is 3.27. The zero-order chi connectivity index (χ0) is 15.5. The van der Waals surface area contributed by atoms with E-state index < -0.39 is 0 Å². The van der Waals surface area contributed by atoms with Crippen LogP contribution in [0.5, 0.6) is 0 Å². The molecule has 116 valence electrons. The van der Waals surface area contributed by atoms with Crippen molar-refractivity contribution in [2.75, 3.05) is 13.1 Å². The van der Waals surface area contributed by atoms with E-state index in [1.54, 1.807) is 0 Å². The molecule has 0 radical (unpaired) electrons. The molecule has 0 unspecified atom stereocenters. The number of amides is 2. The number of nitrogens with one attached hydrogen (secondary N) is 2. The minimum atomic E-state index is -0.154. The molecule has 2 aromatic heterocycles. The van der Waals surface area contributed by atoms with E-state index in [0.29, 0.717) is 31.1 Å². The highest BCUT2D eigenvalue weighted by Crippen LogP contribution is 2.39. The molecule has 1 fully saturated rings. The van der Waals surface area contributed by atoms with E-state index >= 15 is 0 Å². The molecule has 6 heteroatoms. The highest BCUT2D eigenvalue weighted by molar-refractivity contribution is 5.99. The lowest BCUT2D eigenvalue weighted by Crippen LogP contribution is -2.29. The summed E-state index contributed by atoms with van der Waals surface area (Å²) in [6.07, 6.45) is 4.95. The Balaban J connectivity index is 1.67. The third-order valence-electron chi connectivity index (χ3n) is 3.75. The van der Waals surface area contributed by atoms with Gasteiger partial charge in [-0.05, 0) is 31.4 Å². The fraction of sp³-hybridized carbons (Fsp3) is 0.438. The summed E-state index contributed by atoms with van der Waals surface area (Å²) in [5.41, 5.74) is 1.34. The molecule has 22 heavy (non-hydrogen) atoms. The summed E-state index contributed by atoms with van der Waals surface area (Å²) < 4.78 is 2.02. The van der Waals surface area contributed by atoms with Crippen molar-refractivity contribution < 1.29 is 9.59 Å². The Hall–Kier alpha value is -2.37. The number of nitrogens with zero attached hydrogens (tertiary/aromatic N) is 2. The fourth-order valence-electron chi connectivity index (χ4n) is 2.50. The van der Waals surface area contributed by atoms with E-state index in [2.05, 4.69) is 15.6 Å². The van der Waals surface area contributed by atoms with Crippen LogP contribution in [-0.4, -0.2) is 34.3 Å². The molecule has 0 spiro atoms. The van der Waals surface area contributed by atoms with Crippen LogP contribution >= 0.6 is 0 Å². The summed E-state index contributed by atoms with van der Waals surface area (Å²) >= 11 is 0. The zero-order valence-corrected chi connectivity index (χ0v) is 12.6. The Morgan fingerprint density at radius 1 is 1.27 bits per heavy atom. The third-order valence-corrected chi connectivity index (χ3v) is 3.75. The summed E-state index contributed by atoms with van der Waals surface area (Å²) in [6.45, 7) is 2.56. The molecule has 2 heterocycles. The smallest absolute Gasteiger partial charge is 0.272 e. The van der Waals surface area contributed by atoms with E-state index in [9.17, 15) is 9.59 Å². The Bertz CT molecular complexity index is 703. The van der Waals surface area contributed by atoms with Gasteiger partial charge in [0.05, 0.1) is 5.52 Å². The van der Waals surface area contributed by atoms with Crippen molar-refractivity contribution in [3.8, 4) is 0 Å². The lowest BCUT2D eigenvalue weighted by atomic mass is 10.3. The van der Waals surface area contributed by atoms with E-state index in [1.165, 1.54) is 6.92 Å². The first-order valence-electron chi connectivity index (χ1n) is 7.66. The normalized spacial score (nSPS) is 14.0. The molecule has 0 bridgehead atoms. The number of carbonyl (C=O) groups is 2. The fourth-order valence-corrected chi connectivity index (χ4v) is 2.50. The van der Waals surface area contributed by atoms with Crippen molar-refractivity contribution in [1.82, 2.24) is 20.0 Å². The van der Waals surface area contributed by atoms with Gasteiger partial charge in [-0.15, -0.1) is 0 Å². The second-order valence-electron chi connectivity index (χ2n) is 5.64. The Kier molecular flexibility index (Phi) is 4.09. The Labute approximate surface area is 128 Å². The van der Waals surface area contributed by atoms with Crippen LogP contribution in [0.3, 0.4) is 0 Å². The first kappa shape index (κ1) is 14.6. The van der Waals surface area contributed by atoms with Crippen molar-refractivity contribution >= 4 is 17.3 Å². The number of carbonyl (C=O) groups excluding carboxylic acids is 2. The molecule has 6 nitrogen and oxygen atoms in total. The molecule has 0 aromatic carbocycles. The standard InChI is InChI=1S/C16H20N4O2/c1-11(21)17-8-4-9-18-16(22)14-13-5-2-3-10-20(13)15(19-14)12-6-7-12/h2-3,5,10,12H,4,6-9H2,1H3,(H,17,21)(H,18,22). The lowest BCUT2D eigenvalue weighted by molar-refractivity contribution is -0.118. The second-order valence-corrected chi connectivity index (χ2v) is 5.64. The molecule has 3 rings (SSSR count). The number of fused-ring (bicyclic) bond motifs is 1. The highest BCUT2D eigenvalue weighted by Gasteiger charge is 2.30. The summed E-state index contributed by atoms with van der Waals surface area (Å²) in [5.74, 6) is 1.26. The van der Waals surface area contributed by atoms with Crippen LogP contribution in [0.2, 0.25) is 0 Å². The maximum Gasteiger partial charge on any atom is 0.272 e. The Morgan fingerprint density at radius 3 is 2.77 bits per heavy atom. The van der Waals surface area contributed by atoms with Gasteiger partial charge >= 0.3 is 0 Å². The van der Waals surface area contributed by atoms with Crippen LogP contribution in [0, 0.1) is 0 Å². The van der Waals surface area contributed by atoms with Crippen LogP contribution in [0.1, 0.15) is 48.4 Å². The number of hydrogen-bond acceptors (Lipinski definition) is 3. The van der Waals surface area contributed by atoms with Crippen LogP contribution < -0.4 is 10.6 Å². The van der Waals surface area contributed by atoms with E-state index in [0.717, 1.165) is 24.2 Å². The molecule has 0 atom stereocenters. The number of rotatable bonds is 6. The van der Waals surface area contributed by atoms with Gasteiger partial charge in [0.2, 0.25) is 5.91 Å². The molecule has 1 aliphatic carbocycles. The largest absolute Gasteiger partial charge is 0.356 e. The summed E-state index contributed by atoms with van der Waals surface area (Å²) in [5, 5.41) is 5.58. The number of imidazole rings is 1. The minimum absolute atomic E-state index is 0.0551. The van der Waals surface area contributed by atoms with Gasteiger partial charge in [0.1, 0.15) is 5.82 Å². The Morgan fingerprint density at radius 2 is 2.05 bits per heavy atom. The number of aromatic nitrogens is 2. The highest BCUT2D eigenvalue weighted by atomic mass is 16.2. The molecule has 2 amide bonds. The third kappa shape index (κ3) is 3.10. The van der Waals surface area contributed by atoms with E-state index in [1.807, 2.05) is 28.8 Å². The SMILES string of the molecule is CC(=O)NCCCNC(=O)c1nc(C2CC2)n2ccccc12. The molecule has 2 N–H and O–H groups in total. The van der Waals surface area contributed by atoms with Gasteiger partial charge in [0.25, 0.3) is 5.91 Å². The average molecular weight is 300 g/mol. The van der Waals surface area contributed by atoms with Crippen molar-refractivity contribution in [2.24, 2.45) is 0 Å². The van der Waals surface area contributed by atoms with Gasteiger partial charge in [0, 0.05) is 32.1 Å². The van der Waals surface area contributed by atoms with Gasteiger partial charge < -0.3 is 15.0 Å². The molecular weight excluding hydrogens is 280 g/mol. The summed E-state index contributed by atoms with van der Waals surface area (Å²) in [4.78, 5) is 27.7. The van der Waals surface area contributed by atoms with Crippen molar-refractivity contribution in [1.29, 1.82) is 0 Å². The van der Waals surface area contributed by atoms with Crippen LogP contribution in [0.15, 0.2) is 24.4 Å². The van der Waals surface area contributed by atoms with Gasteiger partial charge in [0.15, 0.2) is 5.69 Å². The molecule has 2 aromatic rings. The quantitative estimate of drug-likeness (QED) is 0.793. The van der Waals surface area contributed by atoms with Crippen LogP contribution in [0.25, 0.3) is 5.52 Å². The van der Waals surface area contributed by atoms with Crippen molar-refractivity contribution in [3.63, 3.8) is 0 Å². The molecule has 1 aliphatic rings. The van der Waals surface area contributed by atoms with Gasteiger partial charge in [-0.25, -0.2) is 4.98 Å². The first-order chi connectivity index (χ1) is 10.7. The van der Waals surface area contributed by atoms with Gasteiger partial charge in [-0.2, -0.15) is 0 Å². The van der Waals surface area contributed by atoms with Crippen molar-refractivity contribution in [3.05, 3.63) is 35.9 Å². The van der Waals surface area contributed by atoms with E-state index in [4.69, 9.17) is 0 Å². The topological polar surface area (TPSA) is 75.5 Å². The number of hydrogen-bond donors (Lipinski definition) is 2. The molecule has 0 saturated heterocycles. The molecule has 1 saturated carbocycles. The molecular formula is C16H20N4O2. The number of pyridine rings is 1. The minimum Gasteiger partial charge on any atom is -0.356 e. The maximum absolute atomic E-state index is 12.3. The maximum atomic E-state index is 12.3. The predicted molar refractivity (Wildman–Crippen MR) is 82.8 cm³/mol. The van der Waals surface area contributed by atoms with Crippen LogP contribution in [0.4, 0.5) is 0 Å². The van der Waals surface area contributed by atoms with Crippen molar-refractivity contribution in [2.45, 2.75) is 32.1 Å². The molecule has 0 aliphatic heterocycles. The summed E-state index contributed by atoms with van der Waals surface area (Å²) in [6, 6.07) is 5.79.